The van der Waals surface area contributed by atoms with Crippen molar-refractivity contribution >= 4 is 11.9 Å². The van der Waals surface area contributed by atoms with Gasteiger partial charge in [0.15, 0.2) is 17.8 Å². The van der Waals surface area contributed by atoms with Gasteiger partial charge in [-0.1, -0.05) is 36.8 Å². The van der Waals surface area contributed by atoms with Crippen LogP contribution in [0.5, 0.6) is 0 Å². The van der Waals surface area contributed by atoms with Gasteiger partial charge in [-0.05, 0) is 19.3 Å². The lowest BCUT2D eigenvalue weighted by atomic mass is 9.87. The number of hydrogen-bond donors (Lipinski definition) is 1. The SMILES string of the molecule is Cc1ccc(-c2ocnc2C(=O)N2CCC(C(=O)O)C(C)C2)cc1. The van der Waals surface area contributed by atoms with Crippen molar-refractivity contribution < 1.29 is 19.1 Å². The van der Waals surface area contributed by atoms with Crippen LogP contribution in [0.25, 0.3) is 11.3 Å². The van der Waals surface area contributed by atoms with Gasteiger partial charge in [0, 0.05) is 18.7 Å². The van der Waals surface area contributed by atoms with Crippen molar-refractivity contribution in [3.05, 3.63) is 41.9 Å². The molecule has 1 fully saturated rings. The third-order valence-corrected chi connectivity index (χ3v) is 4.59. The summed E-state index contributed by atoms with van der Waals surface area (Å²) < 4.78 is 5.44. The van der Waals surface area contributed by atoms with Gasteiger partial charge in [-0.25, -0.2) is 4.98 Å². The topological polar surface area (TPSA) is 83.6 Å². The normalized spacial score (nSPS) is 20.8. The van der Waals surface area contributed by atoms with Gasteiger partial charge < -0.3 is 14.4 Å². The molecule has 1 amide bonds. The zero-order valence-electron chi connectivity index (χ0n) is 13.7. The van der Waals surface area contributed by atoms with Gasteiger partial charge in [-0.2, -0.15) is 0 Å². The maximum absolute atomic E-state index is 12.8. The Morgan fingerprint density at radius 3 is 2.62 bits per heavy atom. The number of aryl methyl sites for hydroxylation is 1. The van der Waals surface area contributed by atoms with E-state index in [4.69, 9.17) is 4.42 Å². The lowest BCUT2D eigenvalue weighted by molar-refractivity contribution is -0.145. The van der Waals surface area contributed by atoms with E-state index >= 15 is 0 Å². The van der Waals surface area contributed by atoms with Gasteiger partial charge in [0.2, 0.25) is 0 Å². The van der Waals surface area contributed by atoms with E-state index in [-0.39, 0.29) is 17.5 Å². The van der Waals surface area contributed by atoms with Crippen LogP contribution in [-0.2, 0) is 4.79 Å². The van der Waals surface area contributed by atoms with Gasteiger partial charge in [0.25, 0.3) is 5.91 Å². The quantitative estimate of drug-likeness (QED) is 0.936. The number of carbonyl (C=O) groups is 2. The van der Waals surface area contributed by atoms with Crippen LogP contribution in [0.1, 0.15) is 29.4 Å². The smallest absolute Gasteiger partial charge is 0.306 e. The van der Waals surface area contributed by atoms with E-state index in [1.165, 1.54) is 6.39 Å². The molecule has 2 aromatic rings. The molecule has 0 saturated carbocycles. The highest BCUT2D eigenvalue weighted by molar-refractivity contribution is 5.97. The van der Waals surface area contributed by atoms with E-state index in [2.05, 4.69) is 4.98 Å². The lowest BCUT2D eigenvalue weighted by Gasteiger charge is -2.34. The molecule has 1 aliphatic rings. The molecule has 2 unspecified atom stereocenters. The van der Waals surface area contributed by atoms with Crippen LogP contribution in [0.4, 0.5) is 0 Å². The first-order chi connectivity index (χ1) is 11.5. The van der Waals surface area contributed by atoms with Crippen LogP contribution in [0.2, 0.25) is 0 Å². The number of aromatic nitrogens is 1. The van der Waals surface area contributed by atoms with Crippen molar-refractivity contribution in [2.75, 3.05) is 13.1 Å². The van der Waals surface area contributed by atoms with E-state index in [1.807, 2.05) is 38.1 Å². The molecule has 1 aliphatic heterocycles. The summed E-state index contributed by atoms with van der Waals surface area (Å²) in [6.45, 7) is 4.68. The fourth-order valence-electron chi connectivity index (χ4n) is 3.15. The highest BCUT2D eigenvalue weighted by Gasteiger charge is 2.34. The number of rotatable bonds is 3. The lowest BCUT2D eigenvalue weighted by Crippen LogP contribution is -2.45. The molecule has 2 atom stereocenters. The zero-order valence-corrected chi connectivity index (χ0v) is 13.7. The molecular formula is C18H20N2O4. The minimum Gasteiger partial charge on any atom is -0.481 e. The Labute approximate surface area is 140 Å². The van der Waals surface area contributed by atoms with Gasteiger partial charge in [-0.15, -0.1) is 0 Å². The summed E-state index contributed by atoms with van der Waals surface area (Å²) in [5.74, 6) is -1.04. The van der Waals surface area contributed by atoms with E-state index in [0.29, 0.717) is 25.3 Å². The van der Waals surface area contributed by atoms with E-state index in [9.17, 15) is 14.7 Å². The van der Waals surface area contributed by atoms with Crippen LogP contribution in [0.3, 0.4) is 0 Å². The maximum atomic E-state index is 12.8. The largest absolute Gasteiger partial charge is 0.481 e. The van der Waals surface area contributed by atoms with Gasteiger partial charge in [0.05, 0.1) is 5.92 Å². The van der Waals surface area contributed by atoms with Crippen molar-refractivity contribution in [2.45, 2.75) is 20.3 Å². The summed E-state index contributed by atoms with van der Waals surface area (Å²) in [5, 5.41) is 9.20. The minimum absolute atomic E-state index is 0.0880. The predicted octanol–water partition coefficient (Wildman–Crippen LogP) is 2.83. The second-order valence-electron chi connectivity index (χ2n) is 6.36. The number of amides is 1. The Kier molecular flexibility index (Phi) is 4.38. The molecule has 6 nitrogen and oxygen atoms in total. The Morgan fingerprint density at radius 1 is 1.29 bits per heavy atom. The Hall–Kier alpha value is -2.63. The highest BCUT2D eigenvalue weighted by Crippen LogP contribution is 2.28. The minimum atomic E-state index is -0.795. The molecule has 3 rings (SSSR count). The van der Waals surface area contributed by atoms with Crippen LogP contribution < -0.4 is 0 Å². The second-order valence-corrected chi connectivity index (χ2v) is 6.36. The van der Waals surface area contributed by atoms with Crippen LogP contribution in [0, 0.1) is 18.8 Å². The number of benzene rings is 1. The average Bonchev–Trinajstić information content (AvgIpc) is 3.04. The van der Waals surface area contributed by atoms with Gasteiger partial charge in [-0.3, -0.25) is 9.59 Å². The van der Waals surface area contributed by atoms with Crippen LogP contribution in [-0.4, -0.2) is 40.0 Å². The maximum Gasteiger partial charge on any atom is 0.306 e. The Morgan fingerprint density at radius 2 is 2.00 bits per heavy atom. The number of likely N-dealkylation sites (tertiary alicyclic amines) is 1. The number of nitrogens with zero attached hydrogens (tertiary/aromatic N) is 2. The van der Waals surface area contributed by atoms with Gasteiger partial charge >= 0.3 is 5.97 Å². The predicted molar refractivity (Wildman–Crippen MR) is 87.5 cm³/mol. The van der Waals surface area contributed by atoms with Crippen molar-refractivity contribution in [1.82, 2.24) is 9.88 Å². The second kappa shape index (κ2) is 6.47. The molecule has 24 heavy (non-hydrogen) atoms. The molecule has 1 saturated heterocycles. The number of carbonyl (C=O) groups excluding carboxylic acids is 1. The summed E-state index contributed by atoms with van der Waals surface area (Å²) in [6, 6.07) is 7.69. The monoisotopic (exact) mass is 328 g/mol. The van der Waals surface area contributed by atoms with E-state index < -0.39 is 11.9 Å². The van der Waals surface area contributed by atoms with Gasteiger partial charge in [0.1, 0.15) is 0 Å². The molecule has 0 aliphatic carbocycles. The third kappa shape index (κ3) is 3.04. The summed E-state index contributed by atoms with van der Waals surface area (Å²) in [7, 11) is 0. The number of hydrogen-bond acceptors (Lipinski definition) is 4. The molecule has 126 valence electrons. The Bertz CT molecular complexity index is 751. The summed E-state index contributed by atoms with van der Waals surface area (Å²) >= 11 is 0. The molecule has 0 spiro atoms. The molecule has 6 heteroatoms. The molecular weight excluding hydrogens is 308 g/mol. The van der Waals surface area contributed by atoms with Crippen molar-refractivity contribution in [2.24, 2.45) is 11.8 Å². The van der Waals surface area contributed by atoms with Crippen LogP contribution >= 0.6 is 0 Å². The number of piperidine rings is 1. The summed E-state index contributed by atoms with van der Waals surface area (Å²) in [6.07, 6.45) is 1.73. The van der Waals surface area contributed by atoms with Crippen molar-refractivity contribution in [3.63, 3.8) is 0 Å². The molecule has 1 aromatic carbocycles. The average molecular weight is 328 g/mol. The zero-order chi connectivity index (χ0) is 17.3. The summed E-state index contributed by atoms with van der Waals surface area (Å²) in [5.41, 5.74) is 2.20. The molecule has 1 N–H and O–H groups in total. The first-order valence-electron chi connectivity index (χ1n) is 8.00. The number of carboxylic acids is 1. The first-order valence-corrected chi connectivity index (χ1v) is 8.00. The number of aliphatic carboxylic acids is 1. The van der Waals surface area contributed by atoms with E-state index in [1.54, 1.807) is 4.90 Å². The highest BCUT2D eigenvalue weighted by atomic mass is 16.4. The number of oxazole rings is 1. The van der Waals surface area contributed by atoms with Crippen molar-refractivity contribution in [3.8, 4) is 11.3 Å². The summed E-state index contributed by atoms with van der Waals surface area (Å²) in [4.78, 5) is 29.8. The fraction of sp³-hybridized carbons (Fsp3) is 0.389. The fourth-order valence-corrected chi connectivity index (χ4v) is 3.15. The molecule has 0 radical (unpaired) electrons. The Balaban J connectivity index is 1.81. The standard InChI is InChI=1S/C18H20N2O4/c1-11-3-5-13(6-4-11)16-15(19-10-24-16)17(21)20-8-7-14(18(22)23)12(2)9-20/h3-6,10,12,14H,7-9H2,1-2H3,(H,22,23). The van der Waals surface area contributed by atoms with E-state index in [0.717, 1.165) is 11.1 Å². The van der Waals surface area contributed by atoms with Crippen LogP contribution in [0.15, 0.2) is 35.1 Å². The number of carboxylic acid groups (broad SMARTS) is 1. The molecule has 1 aromatic heterocycles. The van der Waals surface area contributed by atoms with Crippen molar-refractivity contribution in [1.29, 1.82) is 0 Å². The molecule has 2 heterocycles. The molecule has 0 bridgehead atoms. The first kappa shape index (κ1) is 16.2. The third-order valence-electron chi connectivity index (χ3n) is 4.59.